The Balaban J connectivity index is 1.46. The van der Waals surface area contributed by atoms with Crippen LogP contribution in [0.2, 0.25) is 0 Å². The summed E-state index contributed by atoms with van der Waals surface area (Å²) >= 11 is 11.0. The molecule has 44 heavy (non-hydrogen) atoms. The zero-order chi connectivity index (χ0) is 31.7. The SMILES string of the molecule is CN(C)N=Cc1ccc(O[P+](=S)N(C)N=Cc2ccc(O[P+](=S)N(C)N=Cc3ccc(OP=NP=NN=P)cc3)cc2)cc1. The van der Waals surface area contributed by atoms with Crippen LogP contribution in [0.5, 0.6) is 17.2 Å². The van der Waals surface area contributed by atoms with E-state index in [2.05, 4.69) is 38.6 Å². The summed E-state index contributed by atoms with van der Waals surface area (Å²) in [6.45, 7) is 0. The lowest BCUT2D eigenvalue weighted by Gasteiger charge is -2.04. The summed E-state index contributed by atoms with van der Waals surface area (Å²) in [5.74, 6) is 1.98. The topological polar surface area (TPSA) is 112 Å². The van der Waals surface area contributed by atoms with Crippen LogP contribution in [-0.2, 0) is 23.6 Å². The lowest BCUT2D eigenvalue weighted by atomic mass is 10.2. The third-order valence-corrected chi connectivity index (χ3v) is 10.1. The van der Waals surface area contributed by atoms with Crippen molar-refractivity contribution in [3.8, 4) is 17.2 Å². The molecular formula is C25H28N9O3P5S2+2. The normalized spacial score (nSPS) is 12.3. The second-order valence-electron chi connectivity index (χ2n) is 8.47. The molecule has 2 atom stereocenters. The van der Waals surface area contributed by atoms with Gasteiger partial charge in [0.15, 0.2) is 20.0 Å². The molecule has 2 unspecified atom stereocenters. The van der Waals surface area contributed by atoms with Crippen molar-refractivity contribution in [3.63, 3.8) is 0 Å². The van der Waals surface area contributed by atoms with Crippen LogP contribution in [0.1, 0.15) is 16.7 Å². The van der Waals surface area contributed by atoms with Gasteiger partial charge in [0.2, 0.25) is 23.6 Å². The number of hydrazone groups is 3. The summed E-state index contributed by atoms with van der Waals surface area (Å²) in [5, 5.41) is 14.8. The fourth-order valence-corrected chi connectivity index (χ4v) is 5.51. The second kappa shape index (κ2) is 19.3. The second-order valence-corrected chi connectivity index (χ2v) is 14.4. The molecule has 0 fully saturated rings. The smallest absolute Gasteiger partial charge is 0.423 e. The largest absolute Gasteiger partial charge is 0.540 e. The molecule has 3 aromatic rings. The molecule has 3 aromatic carbocycles. The highest BCUT2D eigenvalue weighted by atomic mass is 32.4. The third-order valence-electron chi connectivity index (χ3n) is 4.97. The zero-order valence-corrected chi connectivity index (χ0v) is 30.2. The summed E-state index contributed by atoms with van der Waals surface area (Å²) in [5.41, 5.74) is 2.72. The van der Waals surface area contributed by atoms with E-state index in [1.54, 1.807) is 47.3 Å². The summed E-state index contributed by atoms with van der Waals surface area (Å²) in [7, 11) is 8.25. The van der Waals surface area contributed by atoms with Gasteiger partial charge in [0.1, 0.15) is 5.75 Å². The first-order valence-corrected chi connectivity index (χ1v) is 18.9. The fraction of sp³-hybridized carbons (Fsp3) is 0.160. The molecule has 12 nitrogen and oxygen atoms in total. The average Bonchev–Trinajstić information content (AvgIpc) is 3.03. The van der Waals surface area contributed by atoms with Gasteiger partial charge in [0.25, 0.3) is 8.60 Å². The molecule has 0 saturated carbocycles. The average molecular weight is 722 g/mol. The molecule has 0 saturated heterocycles. The minimum atomic E-state index is -1.42. The Labute approximate surface area is 274 Å². The minimum absolute atomic E-state index is 0.430. The molecule has 0 aliphatic heterocycles. The van der Waals surface area contributed by atoms with Crippen LogP contribution in [0.3, 0.4) is 0 Å². The van der Waals surface area contributed by atoms with E-state index in [-0.39, 0.29) is 0 Å². The standard InChI is InChI=1S/C25H28N9O3P5S2/c1-32(2)26-17-20-7-13-24(14-8-20)36-42(44)34(4)28-19-22-9-15-25(16-10-22)37-41(43)33(3)27-18-21-5-11-23(12-6-21)35-40-31-39-30-29-38/h5-19,38H,1-4H3/q+2. The van der Waals surface area contributed by atoms with Gasteiger partial charge in [0.05, 0.1) is 32.7 Å². The maximum Gasteiger partial charge on any atom is 0.540 e. The Bertz CT molecular complexity index is 1560. The van der Waals surface area contributed by atoms with Crippen molar-refractivity contribution in [1.29, 1.82) is 0 Å². The molecule has 19 heteroatoms. The first-order valence-electron chi connectivity index (χ1n) is 12.4. The lowest BCUT2D eigenvalue weighted by molar-refractivity contribution is 0.440. The summed E-state index contributed by atoms with van der Waals surface area (Å²) in [6, 6.07) is 22.4. The van der Waals surface area contributed by atoms with Crippen molar-refractivity contribution >= 4 is 82.6 Å². The Morgan fingerprint density at radius 2 is 1.07 bits per heavy atom. The monoisotopic (exact) mass is 721 g/mol. The predicted octanol–water partition coefficient (Wildman–Crippen LogP) is 8.53. The molecule has 0 bridgehead atoms. The van der Waals surface area contributed by atoms with Gasteiger partial charge in [-0.15, -0.1) is 24.4 Å². The van der Waals surface area contributed by atoms with E-state index in [4.69, 9.17) is 37.2 Å². The minimum Gasteiger partial charge on any atom is -0.423 e. The number of benzene rings is 3. The van der Waals surface area contributed by atoms with Crippen molar-refractivity contribution in [2.75, 3.05) is 28.2 Å². The summed E-state index contributed by atoms with van der Waals surface area (Å²) in [4.78, 5) is 7.06. The van der Waals surface area contributed by atoms with Crippen LogP contribution in [0.4, 0.5) is 0 Å². The van der Waals surface area contributed by atoms with E-state index in [1.807, 2.05) is 86.9 Å². The van der Waals surface area contributed by atoms with Crippen molar-refractivity contribution in [2.45, 2.75) is 0 Å². The van der Waals surface area contributed by atoms with Crippen molar-refractivity contribution in [3.05, 3.63) is 89.5 Å². The Morgan fingerprint density at radius 3 is 1.48 bits per heavy atom. The first-order chi connectivity index (χ1) is 21.2. The predicted molar refractivity (Wildman–Crippen MR) is 191 cm³/mol. The van der Waals surface area contributed by atoms with E-state index in [9.17, 15) is 0 Å². The van der Waals surface area contributed by atoms with E-state index >= 15 is 0 Å². The van der Waals surface area contributed by atoms with Gasteiger partial charge < -0.3 is 9.53 Å². The van der Waals surface area contributed by atoms with Crippen LogP contribution in [0.15, 0.2) is 102 Å². The fourth-order valence-electron chi connectivity index (χ4n) is 2.83. The van der Waals surface area contributed by atoms with Gasteiger partial charge in [-0.25, -0.2) is 0 Å². The quantitative estimate of drug-likeness (QED) is 0.0823. The van der Waals surface area contributed by atoms with Crippen LogP contribution in [0, 0.1) is 0 Å². The van der Waals surface area contributed by atoms with Crippen molar-refractivity contribution in [1.82, 2.24) is 14.6 Å². The van der Waals surface area contributed by atoms with Crippen LogP contribution >= 0.6 is 40.3 Å². The van der Waals surface area contributed by atoms with Gasteiger partial charge in [-0.1, -0.05) is 9.56 Å². The van der Waals surface area contributed by atoms with Crippen molar-refractivity contribution in [2.24, 2.45) is 29.5 Å². The highest BCUT2D eigenvalue weighted by Crippen LogP contribution is 2.32. The third kappa shape index (κ3) is 13.2. The molecule has 0 N–H and O–H groups in total. The van der Waals surface area contributed by atoms with Gasteiger partial charge in [0, 0.05) is 23.1 Å². The Kier molecular flexibility index (Phi) is 15.4. The van der Waals surface area contributed by atoms with Crippen molar-refractivity contribution < 1.29 is 13.6 Å². The molecule has 226 valence electrons. The molecule has 0 amide bonds. The number of rotatable bonds is 16. The number of hydrogen-bond donors (Lipinski definition) is 0. The van der Waals surface area contributed by atoms with E-state index in [1.165, 1.54) is 0 Å². The molecule has 0 aromatic heterocycles. The van der Waals surface area contributed by atoms with Crippen LogP contribution < -0.4 is 13.6 Å². The van der Waals surface area contributed by atoms with Crippen LogP contribution in [-0.4, -0.2) is 61.4 Å². The molecule has 0 aliphatic rings. The molecule has 3 rings (SSSR count). The molecule has 0 heterocycles. The first kappa shape index (κ1) is 35.3. The highest BCUT2D eigenvalue weighted by Gasteiger charge is 2.21. The van der Waals surface area contributed by atoms with Gasteiger partial charge in [-0.2, -0.15) is 5.10 Å². The Hall–Kier alpha value is -3.19. The zero-order valence-electron chi connectivity index (χ0n) is 24.0. The molecule has 0 aliphatic carbocycles. The number of hydrogen-bond acceptors (Lipinski definition) is 9. The van der Waals surface area contributed by atoms with E-state index in [0.29, 0.717) is 34.4 Å². The highest BCUT2D eigenvalue weighted by molar-refractivity contribution is 8.02. The number of nitrogens with zero attached hydrogens (tertiary/aromatic N) is 9. The Morgan fingerprint density at radius 1 is 0.659 bits per heavy atom. The lowest BCUT2D eigenvalue weighted by Crippen LogP contribution is -2.04. The summed E-state index contributed by atoms with van der Waals surface area (Å²) in [6.07, 6.45) is 5.19. The van der Waals surface area contributed by atoms with Gasteiger partial charge >= 0.3 is 14.1 Å². The molecule has 0 radical (unpaired) electrons. The maximum atomic E-state index is 5.92. The van der Waals surface area contributed by atoms with E-state index < -0.39 is 14.1 Å². The van der Waals surface area contributed by atoms with E-state index in [0.717, 1.165) is 16.7 Å². The summed E-state index contributed by atoms with van der Waals surface area (Å²) < 4.78 is 24.5. The van der Waals surface area contributed by atoms with Gasteiger partial charge in [-0.05, 0) is 89.5 Å². The molecular weight excluding hydrogens is 693 g/mol. The molecule has 0 spiro atoms. The van der Waals surface area contributed by atoms with Crippen LogP contribution in [0.25, 0.3) is 0 Å². The van der Waals surface area contributed by atoms with Gasteiger partial charge in [-0.3, -0.25) is 9.05 Å². The maximum absolute atomic E-state index is 5.92.